The SMILES string of the molecule is CCc1cc(C(=O)c2ccccc2Cl)c(-n2c(C)nnc2Cc2ccc(OC(N)=O)cc2)s1. The molecule has 0 aliphatic rings. The Morgan fingerprint density at radius 2 is 1.82 bits per heavy atom. The van der Waals surface area contributed by atoms with Gasteiger partial charge in [-0.15, -0.1) is 21.5 Å². The number of halogens is 1. The van der Waals surface area contributed by atoms with Gasteiger partial charge in [0, 0.05) is 16.9 Å². The third-order valence-electron chi connectivity index (χ3n) is 5.07. The number of nitrogens with two attached hydrogens (primary N) is 1. The number of amides is 1. The van der Waals surface area contributed by atoms with Crippen molar-refractivity contribution in [2.24, 2.45) is 5.73 Å². The van der Waals surface area contributed by atoms with Crippen LogP contribution in [-0.4, -0.2) is 26.6 Å². The topological polar surface area (TPSA) is 100 Å². The predicted molar refractivity (Wildman–Crippen MR) is 128 cm³/mol. The average Bonchev–Trinajstić information content (AvgIpc) is 3.37. The number of carbonyl (C=O) groups is 2. The van der Waals surface area contributed by atoms with Crippen LogP contribution in [0.15, 0.2) is 54.6 Å². The molecule has 2 N–H and O–H groups in total. The monoisotopic (exact) mass is 480 g/mol. The first-order valence-electron chi connectivity index (χ1n) is 10.3. The lowest BCUT2D eigenvalue weighted by Crippen LogP contribution is -2.16. The van der Waals surface area contributed by atoms with E-state index >= 15 is 0 Å². The van der Waals surface area contributed by atoms with E-state index in [0.717, 1.165) is 21.9 Å². The molecule has 2 heterocycles. The fraction of sp³-hybridized carbons (Fsp3) is 0.167. The minimum absolute atomic E-state index is 0.140. The van der Waals surface area contributed by atoms with Crippen molar-refractivity contribution in [1.82, 2.24) is 14.8 Å². The van der Waals surface area contributed by atoms with E-state index in [-0.39, 0.29) is 5.78 Å². The number of hydrogen-bond acceptors (Lipinski definition) is 6. The summed E-state index contributed by atoms with van der Waals surface area (Å²) in [5.74, 6) is 1.59. The number of hydrogen-bond donors (Lipinski definition) is 1. The Kier molecular flexibility index (Phi) is 6.57. The van der Waals surface area contributed by atoms with Crippen LogP contribution in [0.3, 0.4) is 0 Å². The van der Waals surface area contributed by atoms with Gasteiger partial charge in [0.25, 0.3) is 0 Å². The fourth-order valence-corrected chi connectivity index (χ4v) is 4.87. The van der Waals surface area contributed by atoms with Crippen LogP contribution in [-0.2, 0) is 12.8 Å². The molecule has 2 aromatic heterocycles. The van der Waals surface area contributed by atoms with Crippen molar-refractivity contribution in [2.75, 3.05) is 0 Å². The summed E-state index contributed by atoms with van der Waals surface area (Å²) >= 11 is 7.85. The lowest BCUT2D eigenvalue weighted by molar-refractivity contribution is 0.103. The first kappa shape index (κ1) is 22.7. The number of thiophene rings is 1. The fourth-order valence-electron chi connectivity index (χ4n) is 3.48. The number of aryl methyl sites for hydroxylation is 2. The number of ketones is 1. The molecule has 33 heavy (non-hydrogen) atoms. The smallest absolute Gasteiger partial charge is 0.409 e. The van der Waals surface area contributed by atoms with Gasteiger partial charge in [-0.1, -0.05) is 42.8 Å². The van der Waals surface area contributed by atoms with Gasteiger partial charge in [0.05, 0.1) is 10.6 Å². The lowest BCUT2D eigenvalue weighted by Gasteiger charge is -2.10. The molecular weight excluding hydrogens is 460 g/mol. The standard InChI is InChI=1S/C24H21ClN4O3S/c1-3-17-13-19(22(30)18-6-4-5-7-20(18)25)23(33-17)29-14(2)27-28-21(29)12-15-8-10-16(11-9-15)32-24(26)31/h4-11,13H,3,12H2,1-2H3,(H2,26,31). The second-order valence-corrected chi connectivity index (χ2v) is 8.86. The second kappa shape index (κ2) is 9.56. The molecule has 7 nitrogen and oxygen atoms in total. The second-order valence-electron chi connectivity index (χ2n) is 7.33. The largest absolute Gasteiger partial charge is 0.411 e. The van der Waals surface area contributed by atoms with E-state index in [1.165, 1.54) is 0 Å². The Balaban J connectivity index is 1.73. The van der Waals surface area contributed by atoms with Crippen molar-refractivity contribution in [3.63, 3.8) is 0 Å². The maximum absolute atomic E-state index is 13.4. The van der Waals surface area contributed by atoms with Gasteiger partial charge < -0.3 is 10.5 Å². The molecule has 0 atom stereocenters. The summed E-state index contributed by atoms with van der Waals surface area (Å²) in [6.45, 7) is 3.91. The van der Waals surface area contributed by atoms with E-state index in [2.05, 4.69) is 17.1 Å². The molecule has 0 saturated carbocycles. The molecule has 0 saturated heterocycles. The van der Waals surface area contributed by atoms with Gasteiger partial charge in [-0.2, -0.15) is 0 Å². The summed E-state index contributed by atoms with van der Waals surface area (Å²) in [7, 11) is 0. The Labute approximate surface area is 199 Å². The van der Waals surface area contributed by atoms with E-state index in [0.29, 0.717) is 40.0 Å². The first-order chi connectivity index (χ1) is 15.9. The van der Waals surface area contributed by atoms with Crippen LogP contribution in [0.4, 0.5) is 4.79 Å². The highest BCUT2D eigenvalue weighted by Gasteiger charge is 2.23. The molecule has 0 aliphatic heterocycles. The molecule has 1 amide bonds. The van der Waals surface area contributed by atoms with E-state index in [1.807, 2.05) is 29.7 Å². The minimum atomic E-state index is -0.863. The Bertz CT molecular complexity index is 1330. The highest BCUT2D eigenvalue weighted by Crippen LogP contribution is 2.32. The summed E-state index contributed by atoms with van der Waals surface area (Å²) in [6.07, 6.45) is 0.403. The number of primary amides is 1. The van der Waals surface area contributed by atoms with E-state index < -0.39 is 6.09 Å². The van der Waals surface area contributed by atoms with Gasteiger partial charge in [-0.3, -0.25) is 9.36 Å². The molecule has 2 aromatic carbocycles. The normalized spacial score (nSPS) is 10.9. The summed E-state index contributed by atoms with van der Waals surface area (Å²) in [5, 5.41) is 9.81. The van der Waals surface area contributed by atoms with E-state index in [1.54, 1.807) is 47.7 Å². The number of aromatic nitrogens is 3. The van der Waals surface area contributed by atoms with E-state index in [9.17, 15) is 9.59 Å². The molecule has 4 aromatic rings. The van der Waals surface area contributed by atoms with Crippen molar-refractivity contribution >= 4 is 34.8 Å². The average molecular weight is 481 g/mol. The zero-order valence-electron chi connectivity index (χ0n) is 18.0. The van der Waals surface area contributed by atoms with Crippen LogP contribution in [0.5, 0.6) is 5.75 Å². The van der Waals surface area contributed by atoms with Crippen LogP contribution in [0, 0.1) is 6.92 Å². The van der Waals surface area contributed by atoms with Crippen molar-refractivity contribution in [1.29, 1.82) is 0 Å². The van der Waals surface area contributed by atoms with Gasteiger partial charge in [0.1, 0.15) is 22.4 Å². The van der Waals surface area contributed by atoms with E-state index in [4.69, 9.17) is 22.1 Å². The molecular formula is C24H21ClN4O3S. The molecule has 0 aliphatic carbocycles. The molecule has 9 heteroatoms. The van der Waals surface area contributed by atoms with Crippen LogP contribution in [0.1, 0.15) is 44.9 Å². The van der Waals surface area contributed by atoms with Gasteiger partial charge in [-0.05, 0) is 49.2 Å². The number of rotatable bonds is 7. The quantitative estimate of drug-likeness (QED) is 0.369. The first-order valence-corrected chi connectivity index (χ1v) is 11.5. The number of nitrogens with zero attached hydrogens (tertiary/aromatic N) is 3. The minimum Gasteiger partial charge on any atom is -0.411 e. The maximum Gasteiger partial charge on any atom is 0.409 e. The van der Waals surface area contributed by atoms with Crippen LogP contribution in [0.2, 0.25) is 5.02 Å². The predicted octanol–water partition coefficient (Wildman–Crippen LogP) is 5.13. The van der Waals surface area contributed by atoms with Gasteiger partial charge in [-0.25, -0.2) is 4.79 Å². The molecule has 0 radical (unpaired) electrons. The highest BCUT2D eigenvalue weighted by molar-refractivity contribution is 7.15. The maximum atomic E-state index is 13.4. The van der Waals surface area contributed by atoms with Gasteiger partial charge in [0.2, 0.25) is 0 Å². The summed E-state index contributed by atoms with van der Waals surface area (Å²) in [6, 6.07) is 15.9. The lowest BCUT2D eigenvalue weighted by atomic mass is 10.0. The Morgan fingerprint density at radius 3 is 2.48 bits per heavy atom. The molecule has 0 unspecified atom stereocenters. The van der Waals surface area contributed by atoms with Crippen LogP contribution >= 0.6 is 22.9 Å². The number of carbonyl (C=O) groups excluding carboxylic acids is 2. The summed E-state index contributed by atoms with van der Waals surface area (Å²) in [5.41, 5.74) is 7.02. The third-order valence-corrected chi connectivity index (χ3v) is 6.67. The highest BCUT2D eigenvalue weighted by atomic mass is 35.5. The van der Waals surface area contributed by atoms with Crippen molar-refractivity contribution in [3.8, 4) is 10.8 Å². The van der Waals surface area contributed by atoms with Crippen molar-refractivity contribution < 1.29 is 14.3 Å². The molecule has 0 fully saturated rings. The van der Waals surface area contributed by atoms with Crippen LogP contribution in [0.25, 0.3) is 5.00 Å². The Hall–Kier alpha value is -3.49. The van der Waals surface area contributed by atoms with Crippen molar-refractivity contribution in [2.45, 2.75) is 26.7 Å². The molecule has 0 bridgehead atoms. The Morgan fingerprint density at radius 1 is 1.09 bits per heavy atom. The van der Waals surface area contributed by atoms with Gasteiger partial charge in [0.15, 0.2) is 5.78 Å². The number of ether oxygens (including phenoxy) is 1. The van der Waals surface area contributed by atoms with Crippen molar-refractivity contribution in [3.05, 3.63) is 92.8 Å². The zero-order valence-corrected chi connectivity index (χ0v) is 19.6. The zero-order chi connectivity index (χ0) is 23.5. The summed E-state index contributed by atoms with van der Waals surface area (Å²) < 4.78 is 6.80. The molecule has 4 rings (SSSR count). The van der Waals surface area contributed by atoms with Gasteiger partial charge >= 0.3 is 6.09 Å². The molecule has 0 spiro atoms. The molecule has 168 valence electrons. The van der Waals surface area contributed by atoms with Crippen LogP contribution < -0.4 is 10.5 Å². The summed E-state index contributed by atoms with van der Waals surface area (Å²) in [4.78, 5) is 25.4. The third kappa shape index (κ3) is 4.81. The number of benzene rings is 2.